The summed E-state index contributed by atoms with van der Waals surface area (Å²) in [5.74, 6) is -5.96. The summed E-state index contributed by atoms with van der Waals surface area (Å²) < 4.78 is 48.8. The van der Waals surface area contributed by atoms with E-state index in [1.165, 1.54) is 7.11 Å². The number of fused-ring (bicyclic) bond motifs is 5. The summed E-state index contributed by atoms with van der Waals surface area (Å²) in [6.45, 7) is 6.80. The van der Waals surface area contributed by atoms with Gasteiger partial charge >= 0.3 is 12.1 Å². The highest BCUT2D eigenvalue weighted by molar-refractivity contribution is 5.90. The first-order valence-electron chi connectivity index (χ1n) is 15.1. The summed E-state index contributed by atoms with van der Waals surface area (Å²) in [5.41, 5.74) is -0.933. The zero-order valence-electron chi connectivity index (χ0n) is 25.6. The molecule has 6 atom stereocenters. The van der Waals surface area contributed by atoms with Crippen molar-refractivity contribution in [2.75, 3.05) is 13.7 Å². The van der Waals surface area contributed by atoms with Crippen LogP contribution in [0.5, 0.6) is 11.6 Å². The van der Waals surface area contributed by atoms with Gasteiger partial charge in [-0.05, 0) is 49.1 Å². The average Bonchev–Trinajstić information content (AvgIpc) is 3.58. The third-order valence-electron chi connectivity index (χ3n) is 8.86. The van der Waals surface area contributed by atoms with Gasteiger partial charge < -0.3 is 29.5 Å². The number of aromatic nitrogens is 2. The minimum atomic E-state index is -3.40. The molecule has 1 aromatic carbocycles. The standard InChI is InChI=1S/C31H40F2N4O7/c1-6-18-22-15-37(23(18)28(39)40)27(38)25(30(2,3)4)36-29(41)44-21-13-16(21)9-7-8-12-31(32,33)24-26(43-22)35-20-14-17(42-5)10-11-19(20)34-24/h10-11,14,16,18,21-23,25H,6-9,12-13,15H2,1-5H3,(H,36,41)(H,39,40)/t16-,18-,21?,22?,23+,25-/m1/s1. The molecule has 2 bridgehead atoms. The van der Waals surface area contributed by atoms with Gasteiger partial charge in [0, 0.05) is 18.4 Å². The van der Waals surface area contributed by atoms with Crippen LogP contribution in [0.25, 0.3) is 11.0 Å². The number of carboxylic acid groups (broad SMARTS) is 1. The summed E-state index contributed by atoms with van der Waals surface area (Å²) in [6.07, 6.45) is -0.442. The van der Waals surface area contributed by atoms with E-state index in [4.69, 9.17) is 14.2 Å². The zero-order valence-corrected chi connectivity index (χ0v) is 25.6. The van der Waals surface area contributed by atoms with Gasteiger partial charge in [0.1, 0.15) is 30.0 Å². The van der Waals surface area contributed by atoms with E-state index in [-0.39, 0.29) is 42.4 Å². The maximum absolute atomic E-state index is 15.9. The molecule has 13 heteroatoms. The van der Waals surface area contributed by atoms with Gasteiger partial charge in [0.2, 0.25) is 11.8 Å². The molecule has 1 aromatic heterocycles. The summed E-state index contributed by atoms with van der Waals surface area (Å²) in [6, 6.07) is 2.27. The lowest BCUT2D eigenvalue weighted by atomic mass is 9.85. The molecule has 2 unspecified atom stereocenters. The highest BCUT2D eigenvalue weighted by Gasteiger charge is 2.52. The molecule has 2 amide bonds. The number of hydrogen-bond donors (Lipinski definition) is 2. The molecule has 2 aliphatic heterocycles. The average molecular weight is 619 g/mol. The highest BCUT2D eigenvalue weighted by Crippen LogP contribution is 2.43. The third kappa shape index (κ3) is 6.37. The number of methoxy groups -OCH3 is 1. The third-order valence-corrected chi connectivity index (χ3v) is 8.86. The van der Waals surface area contributed by atoms with Crippen LogP contribution >= 0.6 is 0 Å². The lowest BCUT2D eigenvalue weighted by Gasteiger charge is -2.34. The van der Waals surface area contributed by atoms with E-state index in [9.17, 15) is 19.5 Å². The van der Waals surface area contributed by atoms with Crippen LogP contribution in [0.1, 0.15) is 71.9 Å². The number of halogens is 2. The van der Waals surface area contributed by atoms with E-state index in [1.807, 2.05) is 0 Å². The van der Waals surface area contributed by atoms with Gasteiger partial charge in [0.15, 0.2) is 5.69 Å². The number of alkyl carbamates (subject to hydrolysis) is 1. The van der Waals surface area contributed by atoms with Gasteiger partial charge in [-0.15, -0.1) is 0 Å². The second-order valence-electron chi connectivity index (χ2n) is 13.1. The van der Waals surface area contributed by atoms with E-state index in [0.29, 0.717) is 25.0 Å². The number of rotatable bonds is 3. The van der Waals surface area contributed by atoms with Crippen molar-refractivity contribution in [3.63, 3.8) is 0 Å². The van der Waals surface area contributed by atoms with Crippen molar-refractivity contribution < 1.29 is 42.5 Å². The van der Waals surface area contributed by atoms with E-state index in [2.05, 4.69) is 15.3 Å². The fourth-order valence-electron chi connectivity index (χ4n) is 6.28. The number of amides is 2. The van der Waals surface area contributed by atoms with Crippen molar-refractivity contribution >= 4 is 29.0 Å². The van der Waals surface area contributed by atoms with Gasteiger partial charge in [-0.25, -0.2) is 19.6 Å². The van der Waals surface area contributed by atoms with Gasteiger partial charge in [0.25, 0.3) is 5.92 Å². The Kier molecular flexibility index (Phi) is 8.60. The largest absolute Gasteiger partial charge is 0.497 e. The molecule has 2 N–H and O–H groups in total. The number of carbonyl (C=O) groups is 3. The van der Waals surface area contributed by atoms with Crippen LogP contribution in [-0.4, -0.2) is 75.9 Å². The summed E-state index contributed by atoms with van der Waals surface area (Å²) >= 11 is 0. The van der Waals surface area contributed by atoms with Crippen molar-refractivity contribution in [1.29, 1.82) is 0 Å². The monoisotopic (exact) mass is 618 g/mol. The Morgan fingerprint density at radius 1 is 1.16 bits per heavy atom. The number of benzene rings is 1. The van der Waals surface area contributed by atoms with Crippen LogP contribution in [0.3, 0.4) is 0 Å². The molecule has 2 aromatic rings. The lowest BCUT2D eigenvalue weighted by Crippen LogP contribution is -2.57. The normalized spacial score (nSPS) is 29.3. The zero-order chi connectivity index (χ0) is 32.0. The number of hydrogen-bond acceptors (Lipinski definition) is 8. The first-order valence-corrected chi connectivity index (χ1v) is 15.1. The molecule has 0 radical (unpaired) electrons. The predicted octanol–water partition coefficient (Wildman–Crippen LogP) is 4.90. The number of carbonyl (C=O) groups excluding carboxylic acids is 2. The number of ether oxygens (including phenoxy) is 3. The summed E-state index contributed by atoms with van der Waals surface area (Å²) in [5, 5.41) is 13.0. The van der Waals surface area contributed by atoms with E-state index in [0.717, 1.165) is 4.90 Å². The van der Waals surface area contributed by atoms with Crippen LogP contribution < -0.4 is 14.8 Å². The van der Waals surface area contributed by atoms with Crippen LogP contribution in [0.15, 0.2) is 18.2 Å². The Balaban J connectivity index is 1.59. The second kappa shape index (κ2) is 12.0. The van der Waals surface area contributed by atoms with E-state index in [1.54, 1.807) is 45.9 Å². The molecule has 5 rings (SSSR count). The van der Waals surface area contributed by atoms with Crippen LogP contribution in [-0.2, 0) is 20.2 Å². The molecular formula is C31H40F2N4O7. The SMILES string of the molecule is CC[C@@H]1C2CN(C(=O)[C@H](C(C)(C)C)NC(=O)OC3C[C@H]3CCCCC(F)(F)c3nc4ccc(OC)cc4nc3O2)[C@@H]1C(=O)O. The van der Waals surface area contributed by atoms with Gasteiger partial charge in [-0.1, -0.05) is 34.1 Å². The number of nitrogens with zero attached hydrogens (tertiary/aromatic N) is 3. The minimum absolute atomic E-state index is 0.0485. The smallest absolute Gasteiger partial charge is 0.408 e. The van der Waals surface area contributed by atoms with Gasteiger partial charge in [-0.2, -0.15) is 8.78 Å². The number of alkyl halides is 2. The van der Waals surface area contributed by atoms with Crippen molar-refractivity contribution in [2.24, 2.45) is 17.3 Å². The highest BCUT2D eigenvalue weighted by atomic mass is 19.3. The Labute approximate surface area is 254 Å². The molecule has 1 saturated carbocycles. The molecule has 3 aliphatic rings. The molecule has 3 heterocycles. The second-order valence-corrected chi connectivity index (χ2v) is 13.1. The Morgan fingerprint density at radius 2 is 1.91 bits per heavy atom. The fourth-order valence-corrected chi connectivity index (χ4v) is 6.28. The first kappa shape index (κ1) is 31.6. The van der Waals surface area contributed by atoms with E-state index >= 15 is 8.78 Å². The number of aliphatic carboxylic acids is 1. The maximum atomic E-state index is 15.9. The topological polar surface area (TPSA) is 140 Å². The van der Waals surface area contributed by atoms with Gasteiger partial charge in [-0.3, -0.25) is 4.79 Å². The Bertz CT molecular complexity index is 1430. The molecule has 1 aliphatic carbocycles. The fraction of sp³-hybridized carbons (Fsp3) is 0.645. The minimum Gasteiger partial charge on any atom is -0.497 e. The number of nitrogens with one attached hydrogen (secondary N) is 1. The van der Waals surface area contributed by atoms with Crippen molar-refractivity contribution in [3.8, 4) is 11.6 Å². The van der Waals surface area contributed by atoms with Crippen LogP contribution in [0, 0.1) is 17.3 Å². The molecule has 0 spiro atoms. The summed E-state index contributed by atoms with van der Waals surface area (Å²) in [4.78, 5) is 49.4. The van der Waals surface area contributed by atoms with Crippen LogP contribution in [0.2, 0.25) is 0 Å². The first-order chi connectivity index (χ1) is 20.7. The molecule has 11 nitrogen and oxygen atoms in total. The van der Waals surface area contributed by atoms with Crippen LogP contribution in [0.4, 0.5) is 13.6 Å². The molecule has 2 fully saturated rings. The molecule has 240 valence electrons. The molecule has 1 saturated heterocycles. The Hall–Kier alpha value is -3.77. The molecule has 44 heavy (non-hydrogen) atoms. The van der Waals surface area contributed by atoms with Gasteiger partial charge in [0.05, 0.1) is 24.7 Å². The van der Waals surface area contributed by atoms with E-state index < -0.39 is 71.4 Å². The number of carboxylic acids is 1. The predicted molar refractivity (Wildman–Crippen MR) is 155 cm³/mol. The lowest BCUT2D eigenvalue weighted by molar-refractivity contribution is -0.151. The maximum Gasteiger partial charge on any atom is 0.408 e. The van der Waals surface area contributed by atoms with Crippen molar-refractivity contribution in [3.05, 3.63) is 23.9 Å². The quantitative estimate of drug-likeness (QED) is 0.491. The Morgan fingerprint density at radius 3 is 2.57 bits per heavy atom. The van der Waals surface area contributed by atoms with Crippen molar-refractivity contribution in [2.45, 2.75) is 96.4 Å². The summed E-state index contributed by atoms with van der Waals surface area (Å²) in [7, 11) is 1.47. The molecular weight excluding hydrogens is 578 g/mol. The van der Waals surface area contributed by atoms with Crippen molar-refractivity contribution in [1.82, 2.24) is 20.2 Å².